The van der Waals surface area contributed by atoms with Crippen LogP contribution >= 0.6 is 11.6 Å². The van der Waals surface area contributed by atoms with Gasteiger partial charge in [-0.25, -0.2) is 17.6 Å². The van der Waals surface area contributed by atoms with Crippen LogP contribution in [-0.2, 0) is 19.9 Å². The summed E-state index contributed by atoms with van der Waals surface area (Å²) in [6.07, 6.45) is 3.81. The van der Waals surface area contributed by atoms with Gasteiger partial charge in [0.2, 0.25) is 0 Å². The molecule has 0 aromatic heterocycles. The van der Waals surface area contributed by atoms with Gasteiger partial charge in [0.05, 0.1) is 18.8 Å². The standard InChI is InChI=1S/C24H28ClF2NO2Si.C23H29F2NOSi.2CH4/c1-23(2,3)31(4,5)30-16-24(18-9-7-6-8-10-18)14-17(15-28(24)22(25)29)20-13-19(26)11-12-21(20)27;1-22(2,3)28(4,5)27-16-23(18-9-7-6-8-10-18)14-17(15-26-23)20-13-19(24)11-12-21(20)25;;/h6-14H,15-16H2,1-5H3;6-14,26H,15-16H2,1-5H3;2*1H4/t24-;23-;;/m11../s1. The van der Waals surface area contributed by atoms with Crippen molar-refractivity contribution in [3.8, 4) is 0 Å². The molecule has 0 saturated heterocycles. The Balaban J connectivity index is 0.000000316. The van der Waals surface area contributed by atoms with E-state index in [1.807, 2.05) is 66.7 Å². The van der Waals surface area contributed by atoms with E-state index in [2.05, 4.69) is 73.0 Å². The summed E-state index contributed by atoms with van der Waals surface area (Å²) in [7, 11) is -4.16. The number of carbonyl (C=O) groups is 1. The van der Waals surface area contributed by atoms with Gasteiger partial charge in [0.25, 0.3) is 0 Å². The lowest BCUT2D eigenvalue weighted by molar-refractivity contribution is 0.120. The van der Waals surface area contributed by atoms with Crippen molar-refractivity contribution in [2.45, 2.75) is 104 Å². The van der Waals surface area contributed by atoms with Gasteiger partial charge in [-0.1, -0.05) is 123 Å². The first-order chi connectivity index (χ1) is 27.4. The quantitative estimate of drug-likeness (QED) is 0.0746. The van der Waals surface area contributed by atoms with E-state index >= 15 is 0 Å². The van der Waals surface area contributed by atoms with Crippen LogP contribution in [0.4, 0.5) is 22.4 Å². The molecule has 2 aliphatic heterocycles. The number of hydrogen-bond acceptors (Lipinski definition) is 4. The first-order valence-corrected chi connectivity index (χ1v) is 26.1. The van der Waals surface area contributed by atoms with Crippen molar-refractivity contribution >= 4 is 44.7 Å². The van der Waals surface area contributed by atoms with Gasteiger partial charge in [0.1, 0.15) is 28.8 Å². The van der Waals surface area contributed by atoms with Crippen molar-refractivity contribution in [3.05, 3.63) is 155 Å². The molecule has 4 aromatic rings. The third-order valence-corrected chi connectivity index (χ3v) is 21.6. The number of nitrogens with zero attached hydrogens (tertiary/aromatic N) is 1. The van der Waals surface area contributed by atoms with E-state index in [4.69, 9.17) is 20.5 Å². The van der Waals surface area contributed by atoms with Crippen LogP contribution in [0.25, 0.3) is 11.1 Å². The highest BCUT2D eigenvalue weighted by atomic mass is 35.5. The van der Waals surface area contributed by atoms with Gasteiger partial charge in [-0.05, 0) is 113 Å². The summed E-state index contributed by atoms with van der Waals surface area (Å²) in [4.78, 5) is 14.0. The Bertz CT molecular complexity index is 2190. The maximum absolute atomic E-state index is 14.6. The molecule has 1 amide bonds. The van der Waals surface area contributed by atoms with E-state index in [-0.39, 0.29) is 43.6 Å². The Morgan fingerprint density at radius 3 is 1.57 bits per heavy atom. The monoisotopic (exact) mass is 896 g/mol. The van der Waals surface area contributed by atoms with Gasteiger partial charge < -0.3 is 13.8 Å². The number of carbonyl (C=O) groups excluding carboxylic acids is 1. The normalized spacial score (nSPS) is 19.2. The van der Waals surface area contributed by atoms with Crippen molar-refractivity contribution in [3.63, 3.8) is 0 Å². The molecular formula is C49H65ClF4N2O3Si2. The smallest absolute Gasteiger partial charge is 0.317 e. The minimum Gasteiger partial charge on any atom is -0.414 e. The molecule has 0 unspecified atom stereocenters. The fraction of sp³-hybridized carbons (Fsp3) is 0.408. The summed E-state index contributed by atoms with van der Waals surface area (Å²) in [6.45, 7) is 22.9. The molecule has 6 rings (SSSR count). The number of amides is 1. The van der Waals surface area contributed by atoms with Gasteiger partial charge in [0, 0.05) is 24.2 Å². The van der Waals surface area contributed by atoms with E-state index in [1.165, 1.54) is 17.0 Å². The molecule has 4 aromatic carbocycles. The first-order valence-electron chi connectivity index (χ1n) is 19.9. The molecule has 2 atom stereocenters. The van der Waals surface area contributed by atoms with Gasteiger partial charge in [-0.3, -0.25) is 10.1 Å². The highest BCUT2D eigenvalue weighted by Crippen LogP contribution is 2.45. The Morgan fingerprint density at radius 1 is 0.672 bits per heavy atom. The molecule has 0 radical (unpaired) electrons. The van der Waals surface area contributed by atoms with Crippen LogP contribution < -0.4 is 5.32 Å². The number of halogens is 5. The zero-order chi connectivity index (χ0) is 43.6. The zero-order valence-corrected chi connectivity index (χ0v) is 38.5. The van der Waals surface area contributed by atoms with E-state index in [1.54, 1.807) is 6.08 Å². The van der Waals surface area contributed by atoms with Gasteiger partial charge in [0.15, 0.2) is 16.6 Å². The van der Waals surface area contributed by atoms with Gasteiger partial charge in [-0.15, -0.1) is 0 Å². The Hall–Kier alpha value is -3.85. The highest BCUT2D eigenvalue weighted by Gasteiger charge is 2.48. The fourth-order valence-electron chi connectivity index (χ4n) is 6.70. The molecule has 2 aliphatic rings. The second-order valence-corrected chi connectivity index (χ2v) is 28.4. The predicted molar refractivity (Wildman–Crippen MR) is 251 cm³/mol. The Labute approximate surface area is 369 Å². The maximum Gasteiger partial charge on any atom is 0.317 e. The SMILES string of the molecule is C.C.CC(C)(C)[Si](C)(C)OC[C@@]1(c2ccccc2)C=C(c2cc(F)ccc2F)CN1.CC(C)(C)[Si](C)(C)OC[C@@]1(c2ccccc2)C=C(c2cc(F)ccc2F)CN1C(=O)Cl. The van der Waals surface area contributed by atoms with E-state index in [9.17, 15) is 22.4 Å². The van der Waals surface area contributed by atoms with Crippen molar-refractivity contribution in [1.82, 2.24) is 10.2 Å². The van der Waals surface area contributed by atoms with E-state index in [0.29, 0.717) is 24.3 Å². The van der Waals surface area contributed by atoms with Crippen LogP contribution in [-0.4, -0.2) is 53.2 Å². The average Bonchev–Trinajstić information content (AvgIpc) is 3.79. The summed E-state index contributed by atoms with van der Waals surface area (Å²) in [5.41, 5.74) is 1.93. The Kier molecular flexibility index (Phi) is 16.6. The average molecular weight is 898 g/mol. The molecule has 0 aliphatic carbocycles. The molecule has 0 saturated carbocycles. The van der Waals surface area contributed by atoms with Crippen LogP contribution in [0.15, 0.2) is 109 Å². The van der Waals surface area contributed by atoms with Crippen LogP contribution in [0.1, 0.15) is 78.6 Å². The second kappa shape index (κ2) is 19.7. The first kappa shape index (κ1) is 51.5. The number of nitrogens with one attached hydrogen (secondary N) is 1. The minimum absolute atomic E-state index is 0. The third-order valence-electron chi connectivity index (χ3n) is 12.5. The Morgan fingerprint density at radius 2 is 1.11 bits per heavy atom. The molecule has 61 heavy (non-hydrogen) atoms. The summed E-state index contributed by atoms with van der Waals surface area (Å²) in [6, 6.07) is 26.3. The number of benzene rings is 4. The minimum atomic E-state index is -2.18. The van der Waals surface area contributed by atoms with Crippen molar-refractivity contribution in [2.75, 3.05) is 26.3 Å². The third kappa shape index (κ3) is 11.4. The predicted octanol–water partition coefficient (Wildman–Crippen LogP) is 14.1. The van der Waals surface area contributed by atoms with E-state index in [0.717, 1.165) is 41.0 Å². The van der Waals surface area contributed by atoms with E-state index < -0.39 is 56.3 Å². The molecule has 5 nitrogen and oxygen atoms in total. The lowest BCUT2D eigenvalue weighted by Gasteiger charge is -2.42. The molecule has 332 valence electrons. The van der Waals surface area contributed by atoms with Crippen LogP contribution in [0.3, 0.4) is 0 Å². The van der Waals surface area contributed by atoms with Crippen LogP contribution in [0, 0.1) is 23.3 Å². The van der Waals surface area contributed by atoms with Crippen molar-refractivity contribution in [1.29, 1.82) is 0 Å². The lowest BCUT2D eigenvalue weighted by Crippen LogP contribution is -2.51. The molecule has 1 N–H and O–H groups in total. The topological polar surface area (TPSA) is 50.8 Å². The summed E-state index contributed by atoms with van der Waals surface area (Å²) >= 11 is 6.02. The lowest BCUT2D eigenvalue weighted by atomic mass is 9.89. The number of hydrogen-bond donors (Lipinski definition) is 1. The van der Waals surface area contributed by atoms with Gasteiger partial charge in [-0.2, -0.15) is 0 Å². The number of rotatable bonds is 10. The molecular weight excluding hydrogens is 832 g/mol. The van der Waals surface area contributed by atoms with Crippen LogP contribution in [0.5, 0.6) is 0 Å². The summed E-state index contributed by atoms with van der Waals surface area (Å²) in [5.74, 6) is -1.95. The molecule has 0 fully saturated rings. The van der Waals surface area contributed by atoms with Gasteiger partial charge >= 0.3 is 5.37 Å². The maximum atomic E-state index is 14.6. The van der Waals surface area contributed by atoms with Crippen LogP contribution in [0.2, 0.25) is 36.3 Å². The molecule has 12 heteroatoms. The summed E-state index contributed by atoms with van der Waals surface area (Å²) in [5, 5.41) is 2.89. The zero-order valence-electron chi connectivity index (χ0n) is 35.8. The highest BCUT2D eigenvalue weighted by molar-refractivity contribution is 6.74. The van der Waals surface area contributed by atoms with Crippen molar-refractivity contribution in [2.24, 2.45) is 0 Å². The molecule has 0 bridgehead atoms. The summed E-state index contributed by atoms with van der Waals surface area (Å²) < 4.78 is 69.6. The largest absolute Gasteiger partial charge is 0.414 e. The second-order valence-electron chi connectivity index (χ2n) is 18.5. The fourth-order valence-corrected chi connectivity index (χ4v) is 8.95. The van der Waals surface area contributed by atoms with Crippen molar-refractivity contribution < 1.29 is 31.2 Å². The molecule has 0 spiro atoms. The molecule has 2 heterocycles.